The number of aromatic nitrogens is 2. The van der Waals surface area contributed by atoms with E-state index >= 15 is 0 Å². The van der Waals surface area contributed by atoms with Crippen LogP contribution in [0, 0.1) is 0 Å². The summed E-state index contributed by atoms with van der Waals surface area (Å²) >= 11 is 1.62. The van der Waals surface area contributed by atoms with Gasteiger partial charge in [-0.3, -0.25) is 0 Å². The molecule has 0 bridgehead atoms. The highest BCUT2D eigenvalue weighted by atomic mass is 32.1. The van der Waals surface area contributed by atoms with Gasteiger partial charge in [-0.05, 0) is 36.4 Å². The van der Waals surface area contributed by atoms with Gasteiger partial charge in [0.2, 0.25) is 0 Å². The van der Waals surface area contributed by atoms with Crippen molar-refractivity contribution in [2.75, 3.05) is 0 Å². The maximum absolute atomic E-state index is 12.1. The maximum Gasteiger partial charge on any atom is 0.335 e. The molecule has 6 nitrogen and oxygen atoms in total. The van der Waals surface area contributed by atoms with Crippen molar-refractivity contribution in [1.29, 1.82) is 0 Å². The van der Waals surface area contributed by atoms with Crippen molar-refractivity contribution in [2.45, 2.75) is 38.1 Å². The smallest absolute Gasteiger partial charge is 0.334 e. The molecule has 0 unspecified atom stereocenters. The summed E-state index contributed by atoms with van der Waals surface area (Å²) in [5.74, 6) is 0. The van der Waals surface area contributed by atoms with Crippen LogP contribution in [-0.2, 0) is 0 Å². The maximum atomic E-state index is 12.1. The van der Waals surface area contributed by atoms with Crippen LogP contribution in [0.4, 0.5) is 4.79 Å². The second-order valence-corrected chi connectivity index (χ2v) is 7.82. The standard InChI is InChI=1S/C21H23N5OS/c27-21(23-17-8-3-1-4-9-17)24-22-14-16-15-26(18-10-5-2-6-11-18)25-20(16)19-12-7-13-28-19/h2,5-7,10-15,17H,1,3-4,8-9H2,(H2,23,24,27)/b22-14-. The van der Waals surface area contributed by atoms with Gasteiger partial charge in [0.25, 0.3) is 0 Å². The molecular weight excluding hydrogens is 370 g/mol. The lowest BCUT2D eigenvalue weighted by molar-refractivity contribution is 0.233. The lowest BCUT2D eigenvalue weighted by Crippen LogP contribution is -2.41. The number of hydrogen-bond acceptors (Lipinski definition) is 4. The number of nitrogens with one attached hydrogen (secondary N) is 2. The molecule has 2 amide bonds. The van der Waals surface area contributed by atoms with Crippen molar-refractivity contribution < 1.29 is 4.79 Å². The molecule has 1 saturated carbocycles. The van der Waals surface area contributed by atoms with E-state index in [2.05, 4.69) is 15.8 Å². The van der Waals surface area contributed by atoms with Crippen molar-refractivity contribution in [3.8, 4) is 16.3 Å². The molecule has 0 aliphatic heterocycles. The lowest BCUT2D eigenvalue weighted by Gasteiger charge is -2.22. The van der Waals surface area contributed by atoms with E-state index in [9.17, 15) is 4.79 Å². The molecule has 28 heavy (non-hydrogen) atoms. The molecule has 2 aromatic heterocycles. The van der Waals surface area contributed by atoms with E-state index in [-0.39, 0.29) is 12.1 Å². The van der Waals surface area contributed by atoms with Gasteiger partial charge in [-0.15, -0.1) is 11.3 Å². The van der Waals surface area contributed by atoms with E-state index < -0.39 is 0 Å². The largest absolute Gasteiger partial charge is 0.335 e. The van der Waals surface area contributed by atoms with E-state index in [1.165, 1.54) is 19.3 Å². The molecular formula is C21H23N5OS. The second kappa shape index (κ2) is 8.84. The van der Waals surface area contributed by atoms with Crippen LogP contribution in [0.1, 0.15) is 37.7 Å². The highest BCUT2D eigenvalue weighted by Crippen LogP contribution is 2.26. The first-order valence-corrected chi connectivity index (χ1v) is 10.5. The summed E-state index contributed by atoms with van der Waals surface area (Å²) in [5.41, 5.74) is 5.26. The average molecular weight is 394 g/mol. The van der Waals surface area contributed by atoms with Crippen molar-refractivity contribution >= 4 is 23.6 Å². The third-order valence-corrected chi connectivity index (χ3v) is 5.70. The molecule has 4 rings (SSSR count). The Labute approximate surface area is 168 Å². The van der Waals surface area contributed by atoms with Crippen molar-refractivity contribution in [2.24, 2.45) is 5.10 Å². The predicted octanol–water partition coefficient (Wildman–Crippen LogP) is 4.57. The Morgan fingerprint density at radius 1 is 1.14 bits per heavy atom. The molecule has 2 heterocycles. The molecule has 0 saturated heterocycles. The van der Waals surface area contributed by atoms with E-state index in [0.717, 1.165) is 34.7 Å². The molecule has 144 valence electrons. The third-order valence-electron chi connectivity index (χ3n) is 4.83. The molecule has 1 aromatic carbocycles. The SMILES string of the molecule is O=C(N/N=C\c1cn(-c2ccccc2)nc1-c1cccs1)NC1CCCCC1. The van der Waals surface area contributed by atoms with Gasteiger partial charge < -0.3 is 5.32 Å². The monoisotopic (exact) mass is 393 g/mol. The number of amides is 2. The van der Waals surface area contributed by atoms with Crippen molar-refractivity contribution in [3.05, 3.63) is 59.6 Å². The van der Waals surface area contributed by atoms with Crippen LogP contribution in [0.5, 0.6) is 0 Å². The Kier molecular flexibility index (Phi) is 5.82. The summed E-state index contributed by atoms with van der Waals surface area (Å²) in [6.45, 7) is 0. The Balaban J connectivity index is 1.49. The fraction of sp³-hybridized carbons (Fsp3) is 0.286. The molecule has 0 spiro atoms. The van der Waals surface area contributed by atoms with Gasteiger partial charge in [0.05, 0.1) is 16.8 Å². The summed E-state index contributed by atoms with van der Waals surface area (Å²) in [5, 5.41) is 13.9. The number of carbonyl (C=O) groups is 1. The van der Waals surface area contributed by atoms with Gasteiger partial charge in [-0.1, -0.05) is 43.5 Å². The first-order valence-electron chi connectivity index (χ1n) is 9.58. The summed E-state index contributed by atoms with van der Waals surface area (Å²) in [6, 6.07) is 14.0. The minimum Gasteiger partial charge on any atom is -0.334 e. The minimum atomic E-state index is -0.253. The van der Waals surface area contributed by atoms with Crippen LogP contribution in [0.2, 0.25) is 0 Å². The average Bonchev–Trinajstić information content (AvgIpc) is 3.39. The number of rotatable bonds is 5. The molecule has 2 N–H and O–H groups in total. The van der Waals surface area contributed by atoms with E-state index in [1.807, 2.05) is 58.7 Å². The summed E-state index contributed by atoms with van der Waals surface area (Å²) < 4.78 is 1.83. The first-order chi connectivity index (χ1) is 13.8. The van der Waals surface area contributed by atoms with Crippen LogP contribution in [0.15, 0.2) is 59.1 Å². The van der Waals surface area contributed by atoms with Gasteiger partial charge in [-0.25, -0.2) is 14.9 Å². The van der Waals surface area contributed by atoms with Gasteiger partial charge >= 0.3 is 6.03 Å². The zero-order valence-electron chi connectivity index (χ0n) is 15.5. The van der Waals surface area contributed by atoms with E-state index in [1.54, 1.807) is 17.6 Å². The number of hydrogen-bond donors (Lipinski definition) is 2. The molecule has 1 aliphatic carbocycles. The predicted molar refractivity (Wildman–Crippen MR) is 113 cm³/mol. The number of thiophene rings is 1. The van der Waals surface area contributed by atoms with Gasteiger partial charge in [-0.2, -0.15) is 10.2 Å². The number of hydrazone groups is 1. The molecule has 7 heteroatoms. The van der Waals surface area contributed by atoms with Crippen molar-refractivity contribution in [1.82, 2.24) is 20.5 Å². The van der Waals surface area contributed by atoms with Crippen LogP contribution in [-0.4, -0.2) is 28.1 Å². The summed E-state index contributed by atoms with van der Waals surface area (Å²) in [6.07, 6.45) is 9.28. The van der Waals surface area contributed by atoms with E-state index in [4.69, 9.17) is 5.10 Å². The van der Waals surface area contributed by atoms with E-state index in [0.29, 0.717) is 0 Å². The molecule has 3 aromatic rings. The Morgan fingerprint density at radius 3 is 2.71 bits per heavy atom. The molecule has 1 fully saturated rings. The highest BCUT2D eigenvalue weighted by molar-refractivity contribution is 7.13. The number of urea groups is 1. The summed E-state index contributed by atoms with van der Waals surface area (Å²) in [4.78, 5) is 13.1. The van der Waals surface area contributed by atoms with Gasteiger partial charge in [0.15, 0.2) is 0 Å². The fourth-order valence-electron chi connectivity index (χ4n) is 3.42. The Hall–Kier alpha value is -2.93. The topological polar surface area (TPSA) is 71.3 Å². The minimum absolute atomic E-state index is 0.253. The van der Waals surface area contributed by atoms with Gasteiger partial charge in [0.1, 0.15) is 5.69 Å². The molecule has 0 radical (unpaired) electrons. The van der Waals surface area contributed by atoms with Crippen LogP contribution in [0.3, 0.4) is 0 Å². The second-order valence-electron chi connectivity index (χ2n) is 6.87. The highest BCUT2D eigenvalue weighted by Gasteiger charge is 2.15. The first kappa shape index (κ1) is 18.4. The lowest BCUT2D eigenvalue weighted by atomic mass is 9.96. The van der Waals surface area contributed by atoms with Crippen LogP contribution >= 0.6 is 11.3 Å². The molecule has 1 aliphatic rings. The number of para-hydroxylation sites is 1. The van der Waals surface area contributed by atoms with Gasteiger partial charge in [0, 0.05) is 17.8 Å². The number of nitrogens with zero attached hydrogens (tertiary/aromatic N) is 3. The zero-order chi connectivity index (χ0) is 19.2. The third kappa shape index (κ3) is 4.48. The molecule has 0 atom stereocenters. The number of carbonyl (C=O) groups excluding carboxylic acids is 1. The summed E-state index contributed by atoms with van der Waals surface area (Å²) in [7, 11) is 0. The Morgan fingerprint density at radius 2 is 1.96 bits per heavy atom. The van der Waals surface area contributed by atoms with Crippen molar-refractivity contribution in [3.63, 3.8) is 0 Å². The normalized spacial score (nSPS) is 15.0. The van der Waals surface area contributed by atoms with Crippen LogP contribution in [0.25, 0.3) is 16.3 Å². The zero-order valence-corrected chi connectivity index (χ0v) is 16.4. The van der Waals surface area contributed by atoms with Crippen LogP contribution < -0.4 is 10.7 Å². The fourth-order valence-corrected chi connectivity index (χ4v) is 4.16. The quantitative estimate of drug-likeness (QED) is 0.492. The number of benzene rings is 1. The Bertz CT molecular complexity index is 927.